The molecule has 2 atom stereocenters. The quantitative estimate of drug-likeness (QED) is 0.869. The molecule has 1 aliphatic rings. The van der Waals surface area contributed by atoms with Crippen LogP contribution >= 0.6 is 0 Å². The zero-order valence-corrected chi connectivity index (χ0v) is 13.8. The van der Waals surface area contributed by atoms with E-state index in [1.165, 1.54) is 0 Å². The summed E-state index contributed by atoms with van der Waals surface area (Å²) in [6.45, 7) is 2.92. The number of benzene rings is 1. The second-order valence-electron chi connectivity index (χ2n) is 6.18. The predicted molar refractivity (Wildman–Crippen MR) is 90.7 cm³/mol. The Morgan fingerprint density at radius 3 is 2.57 bits per heavy atom. The lowest BCUT2D eigenvalue weighted by Gasteiger charge is -2.38. The maximum absolute atomic E-state index is 12.6. The largest absolute Gasteiger partial charge is 0.379 e. The number of nitrogens with zero attached hydrogens (tertiary/aromatic N) is 2. The highest BCUT2D eigenvalue weighted by Gasteiger charge is 2.30. The van der Waals surface area contributed by atoms with Gasteiger partial charge in [0.15, 0.2) is 0 Å². The standard InChI is InChI=1S/C19H24N2O2/c1-15-18(23-2)6-5-13-21(15)19(22)14-16-7-9-17(10-8-16)20-11-3-4-12-20/h3-4,7-12,15,18H,5-6,13-14H2,1-2H3/t15-,18-/m1/s1. The third-order valence-electron chi connectivity index (χ3n) is 4.73. The molecule has 3 rings (SSSR count). The molecule has 1 saturated heterocycles. The lowest BCUT2D eigenvalue weighted by atomic mass is 9.99. The zero-order valence-electron chi connectivity index (χ0n) is 13.8. The first kappa shape index (κ1) is 15.8. The van der Waals surface area contributed by atoms with Crippen LogP contribution in [0.1, 0.15) is 25.3 Å². The summed E-state index contributed by atoms with van der Waals surface area (Å²) in [5.41, 5.74) is 2.16. The Bertz CT molecular complexity index is 634. The Balaban J connectivity index is 1.65. The van der Waals surface area contributed by atoms with E-state index in [1.807, 2.05) is 41.6 Å². The van der Waals surface area contributed by atoms with Crippen LogP contribution in [0.15, 0.2) is 48.8 Å². The topological polar surface area (TPSA) is 34.5 Å². The smallest absolute Gasteiger partial charge is 0.227 e. The number of methoxy groups -OCH3 is 1. The highest BCUT2D eigenvalue weighted by molar-refractivity contribution is 5.79. The Kier molecular flexibility index (Phi) is 4.82. The highest BCUT2D eigenvalue weighted by Crippen LogP contribution is 2.21. The van der Waals surface area contributed by atoms with Crippen LogP contribution in [0, 0.1) is 0 Å². The minimum Gasteiger partial charge on any atom is -0.379 e. The van der Waals surface area contributed by atoms with Crippen LogP contribution in [0.4, 0.5) is 0 Å². The van der Waals surface area contributed by atoms with Crippen molar-refractivity contribution in [3.8, 4) is 5.69 Å². The van der Waals surface area contributed by atoms with Crippen molar-refractivity contribution in [2.75, 3.05) is 13.7 Å². The van der Waals surface area contributed by atoms with E-state index in [4.69, 9.17) is 4.74 Å². The lowest BCUT2D eigenvalue weighted by Crippen LogP contribution is -2.50. The van der Waals surface area contributed by atoms with Crippen molar-refractivity contribution in [2.45, 2.75) is 38.3 Å². The minimum absolute atomic E-state index is 0.153. The Hall–Kier alpha value is -2.07. The number of aromatic nitrogens is 1. The van der Waals surface area contributed by atoms with Gasteiger partial charge in [0, 0.05) is 31.7 Å². The predicted octanol–water partition coefficient (Wildman–Crippen LogP) is 3.05. The molecule has 0 spiro atoms. The number of hydrogen-bond acceptors (Lipinski definition) is 2. The van der Waals surface area contributed by atoms with Crippen molar-refractivity contribution in [3.05, 3.63) is 54.4 Å². The van der Waals surface area contributed by atoms with Gasteiger partial charge in [0.05, 0.1) is 18.6 Å². The van der Waals surface area contributed by atoms with Gasteiger partial charge < -0.3 is 14.2 Å². The van der Waals surface area contributed by atoms with Crippen LogP contribution in [0.5, 0.6) is 0 Å². The van der Waals surface area contributed by atoms with Crippen molar-refractivity contribution in [3.63, 3.8) is 0 Å². The Morgan fingerprint density at radius 2 is 1.91 bits per heavy atom. The molecule has 1 aromatic heterocycles. The lowest BCUT2D eigenvalue weighted by molar-refractivity contribution is -0.138. The third-order valence-corrected chi connectivity index (χ3v) is 4.73. The molecule has 0 unspecified atom stereocenters. The Labute approximate surface area is 137 Å². The number of carbonyl (C=O) groups is 1. The van der Waals surface area contributed by atoms with Crippen molar-refractivity contribution in [1.82, 2.24) is 9.47 Å². The number of hydrogen-bond donors (Lipinski definition) is 0. The molecule has 4 heteroatoms. The van der Waals surface area contributed by atoms with Crippen LogP contribution in [-0.2, 0) is 16.0 Å². The minimum atomic E-state index is 0.153. The fourth-order valence-corrected chi connectivity index (χ4v) is 3.34. The van der Waals surface area contributed by atoms with Gasteiger partial charge in [-0.1, -0.05) is 12.1 Å². The molecule has 1 fully saturated rings. The van der Waals surface area contributed by atoms with Crippen molar-refractivity contribution in [2.24, 2.45) is 0 Å². The summed E-state index contributed by atoms with van der Waals surface area (Å²) in [6.07, 6.45) is 6.69. The van der Waals surface area contributed by atoms with E-state index in [2.05, 4.69) is 23.6 Å². The van der Waals surface area contributed by atoms with Crippen LogP contribution in [-0.4, -0.2) is 41.2 Å². The summed E-state index contributed by atoms with van der Waals surface area (Å²) in [4.78, 5) is 14.6. The van der Waals surface area contributed by atoms with Gasteiger partial charge in [-0.15, -0.1) is 0 Å². The fraction of sp³-hybridized carbons (Fsp3) is 0.421. The number of ether oxygens (including phenoxy) is 1. The van der Waals surface area contributed by atoms with Gasteiger partial charge >= 0.3 is 0 Å². The van der Waals surface area contributed by atoms with E-state index in [9.17, 15) is 4.79 Å². The van der Waals surface area contributed by atoms with E-state index < -0.39 is 0 Å². The van der Waals surface area contributed by atoms with Gasteiger partial charge in [-0.05, 0) is 49.6 Å². The highest BCUT2D eigenvalue weighted by atomic mass is 16.5. The third kappa shape index (κ3) is 3.48. The van der Waals surface area contributed by atoms with Gasteiger partial charge in [0.1, 0.15) is 0 Å². The first-order valence-electron chi connectivity index (χ1n) is 8.23. The number of piperidine rings is 1. The Morgan fingerprint density at radius 1 is 1.22 bits per heavy atom. The molecular weight excluding hydrogens is 288 g/mol. The molecule has 122 valence electrons. The van der Waals surface area contributed by atoms with Crippen LogP contribution < -0.4 is 0 Å². The molecule has 1 amide bonds. The summed E-state index contributed by atoms with van der Waals surface area (Å²) in [6, 6.07) is 12.3. The van der Waals surface area contributed by atoms with E-state index >= 15 is 0 Å². The van der Waals surface area contributed by atoms with Crippen LogP contribution in [0.2, 0.25) is 0 Å². The molecule has 0 saturated carbocycles. The van der Waals surface area contributed by atoms with Gasteiger partial charge in [-0.2, -0.15) is 0 Å². The van der Waals surface area contributed by atoms with Gasteiger partial charge in [-0.3, -0.25) is 4.79 Å². The number of amides is 1. The zero-order chi connectivity index (χ0) is 16.2. The molecule has 2 aromatic rings. The first-order chi connectivity index (χ1) is 11.2. The number of likely N-dealkylation sites (tertiary alicyclic amines) is 1. The van der Waals surface area contributed by atoms with Gasteiger partial charge in [-0.25, -0.2) is 0 Å². The van der Waals surface area contributed by atoms with E-state index in [0.29, 0.717) is 6.42 Å². The number of rotatable bonds is 4. The normalized spacial score (nSPS) is 21.4. The maximum atomic E-state index is 12.6. The fourth-order valence-electron chi connectivity index (χ4n) is 3.34. The summed E-state index contributed by atoms with van der Waals surface area (Å²) in [5.74, 6) is 0.188. The number of carbonyl (C=O) groups excluding carboxylic acids is 1. The molecule has 1 aliphatic heterocycles. The van der Waals surface area contributed by atoms with Crippen molar-refractivity contribution >= 4 is 5.91 Å². The van der Waals surface area contributed by atoms with Crippen LogP contribution in [0.3, 0.4) is 0 Å². The molecule has 2 heterocycles. The summed E-state index contributed by atoms with van der Waals surface area (Å²) in [7, 11) is 1.73. The summed E-state index contributed by atoms with van der Waals surface area (Å²) >= 11 is 0. The molecular formula is C19H24N2O2. The molecule has 0 N–H and O–H groups in total. The molecule has 0 bridgehead atoms. The molecule has 0 radical (unpaired) electrons. The molecule has 0 aliphatic carbocycles. The van der Waals surface area contributed by atoms with E-state index in [0.717, 1.165) is 30.6 Å². The molecule has 23 heavy (non-hydrogen) atoms. The molecule has 4 nitrogen and oxygen atoms in total. The van der Waals surface area contributed by atoms with E-state index in [-0.39, 0.29) is 18.1 Å². The summed E-state index contributed by atoms with van der Waals surface area (Å²) in [5, 5.41) is 0. The van der Waals surface area contributed by atoms with Crippen molar-refractivity contribution in [1.29, 1.82) is 0 Å². The van der Waals surface area contributed by atoms with E-state index in [1.54, 1.807) is 7.11 Å². The summed E-state index contributed by atoms with van der Waals surface area (Å²) < 4.78 is 7.55. The van der Waals surface area contributed by atoms with Gasteiger partial charge in [0.2, 0.25) is 5.91 Å². The monoisotopic (exact) mass is 312 g/mol. The first-order valence-corrected chi connectivity index (χ1v) is 8.23. The average Bonchev–Trinajstić information content (AvgIpc) is 3.10. The second-order valence-corrected chi connectivity index (χ2v) is 6.18. The second kappa shape index (κ2) is 7.01. The maximum Gasteiger partial charge on any atom is 0.227 e. The SMILES string of the molecule is CO[C@@H]1CCCN(C(=O)Cc2ccc(-n3cccc3)cc2)[C@@H]1C. The van der Waals surface area contributed by atoms with Gasteiger partial charge in [0.25, 0.3) is 0 Å². The average molecular weight is 312 g/mol. The van der Waals surface area contributed by atoms with Crippen LogP contribution in [0.25, 0.3) is 5.69 Å². The molecule has 1 aromatic carbocycles. The van der Waals surface area contributed by atoms with Crippen molar-refractivity contribution < 1.29 is 9.53 Å².